The maximum Gasteiger partial charge on any atom is 0.149 e. The number of nitrogens with one attached hydrogen (secondary N) is 1. The van der Waals surface area contributed by atoms with Gasteiger partial charge in [0, 0.05) is 20.1 Å². The van der Waals surface area contributed by atoms with Gasteiger partial charge in [0.2, 0.25) is 0 Å². The van der Waals surface area contributed by atoms with Crippen molar-refractivity contribution < 1.29 is 5.11 Å². The molecule has 0 bridgehead atoms. The van der Waals surface area contributed by atoms with Crippen molar-refractivity contribution in [2.75, 3.05) is 30.4 Å². The molecular weight excluding hydrogens is 309 g/mol. The van der Waals surface area contributed by atoms with E-state index in [9.17, 15) is 5.11 Å². The number of anilines is 2. The smallest absolute Gasteiger partial charge is 0.149 e. The second-order valence-corrected chi connectivity index (χ2v) is 6.65. The number of halogens is 2. The molecule has 1 heterocycles. The molecule has 0 atom stereocenters. The first-order valence-electron chi connectivity index (χ1n) is 7.48. The number of hydrogen-bond acceptors (Lipinski definition) is 4. The lowest BCUT2D eigenvalue weighted by Gasteiger charge is -2.30. The summed E-state index contributed by atoms with van der Waals surface area (Å²) >= 11 is 12.4. The number of aromatic nitrogens is 1. The lowest BCUT2D eigenvalue weighted by atomic mass is 10.0. The van der Waals surface area contributed by atoms with Crippen molar-refractivity contribution in [1.82, 2.24) is 4.98 Å². The molecule has 118 valence electrons. The minimum Gasteiger partial charge on any atom is -0.388 e. The van der Waals surface area contributed by atoms with Crippen LogP contribution in [-0.4, -0.2) is 35.8 Å². The molecule has 1 saturated carbocycles. The normalized spacial score (nSPS) is 17.0. The maximum absolute atomic E-state index is 10.5. The molecule has 0 saturated heterocycles. The quantitative estimate of drug-likeness (QED) is 0.828. The second-order valence-electron chi connectivity index (χ2n) is 5.84. The van der Waals surface area contributed by atoms with E-state index in [-0.39, 0.29) is 0 Å². The van der Waals surface area contributed by atoms with Crippen LogP contribution in [0.1, 0.15) is 39.0 Å². The summed E-state index contributed by atoms with van der Waals surface area (Å²) in [5.74, 6) is 1.29. The molecule has 1 fully saturated rings. The van der Waals surface area contributed by atoms with Crippen LogP contribution >= 0.6 is 23.2 Å². The van der Waals surface area contributed by atoms with Gasteiger partial charge < -0.3 is 15.3 Å². The number of pyridine rings is 1. The molecule has 1 aromatic rings. The lowest BCUT2D eigenvalue weighted by Crippen LogP contribution is -2.39. The van der Waals surface area contributed by atoms with Gasteiger partial charge in [-0.05, 0) is 25.3 Å². The molecule has 2 rings (SSSR count). The topological polar surface area (TPSA) is 48.4 Å². The molecule has 21 heavy (non-hydrogen) atoms. The first kappa shape index (κ1) is 16.7. The van der Waals surface area contributed by atoms with Crippen LogP contribution < -0.4 is 10.2 Å². The third-order valence-electron chi connectivity index (χ3n) is 3.88. The minimum absolute atomic E-state index is 0.506. The fourth-order valence-electron chi connectivity index (χ4n) is 2.80. The summed E-state index contributed by atoms with van der Waals surface area (Å²) < 4.78 is 0. The van der Waals surface area contributed by atoms with Gasteiger partial charge in [-0.15, -0.1) is 0 Å². The van der Waals surface area contributed by atoms with Crippen LogP contribution in [0.15, 0.2) is 6.07 Å². The second kappa shape index (κ2) is 7.03. The summed E-state index contributed by atoms with van der Waals surface area (Å²) in [5, 5.41) is 14.7. The van der Waals surface area contributed by atoms with Crippen LogP contribution in [0.5, 0.6) is 0 Å². The molecule has 0 aromatic carbocycles. The number of nitrogens with zero attached hydrogens (tertiary/aromatic N) is 2. The molecule has 6 heteroatoms. The van der Waals surface area contributed by atoms with E-state index in [1.54, 1.807) is 6.07 Å². The summed E-state index contributed by atoms with van der Waals surface area (Å²) in [5.41, 5.74) is -0.629. The Labute approximate surface area is 136 Å². The summed E-state index contributed by atoms with van der Waals surface area (Å²) in [6, 6.07) is 1.71. The summed E-state index contributed by atoms with van der Waals surface area (Å²) in [6.07, 6.45) is 4.82. The van der Waals surface area contributed by atoms with Crippen LogP contribution in [0.25, 0.3) is 0 Å². The van der Waals surface area contributed by atoms with Crippen molar-refractivity contribution in [2.24, 2.45) is 0 Å². The van der Waals surface area contributed by atoms with Crippen LogP contribution in [0.3, 0.4) is 0 Å². The van der Waals surface area contributed by atoms with E-state index in [1.807, 2.05) is 11.9 Å². The lowest BCUT2D eigenvalue weighted by molar-refractivity contribution is 0.0558. The zero-order valence-electron chi connectivity index (χ0n) is 12.6. The van der Waals surface area contributed by atoms with Crippen molar-refractivity contribution in [3.63, 3.8) is 0 Å². The van der Waals surface area contributed by atoms with Crippen molar-refractivity contribution in [3.8, 4) is 0 Å². The molecule has 0 radical (unpaired) electrons. The standard InChI is InChI=1S/C15H23Cl2N3O/c1-3-8-18-13-11(16)9-12(17)14(19-13)20(2)10-15(21)6-4-5-7-15/h9,21H,3-8,10H2,1-2H3,(H,18,19). The average Bonchev–Trinajstić information content (AvgIpc) is 2.84. The Hall–Kier alpha value is -0.710. The Kier molecular flexibility index (Phi) is 5.58. The third-order valence-corrected chi connectivity index (χ3v) is 4.45. The fourth-order valence-corrected chi connectivity index (χ4v) is 3.37. The van der Waals surface area contributed by atoms with E-state index >= 15 is 0 Å². The number of hydrogen-bond donors (Lipinski definition) is 2. The van der Waals surface area contributed by atoms with Gasteiger partial charge in [-0.25, -0.2) is 4.98 Å². The highest BCUT2D eigenvalue weighted by Crippen LogP contribution is 2.34. The number of rotatable bonds is 6. The van der Waals surface area contributed by atoms with Crippen LogP contribution in [0.2, 0.25) is 10.0 Å². The van der Waals surface area contributed by atoms with E-state index in [0.29, 0.717) is 28.2 Å². The number of likely N-dealkylation sites (N-methyl/N-ethyl adjacent to an activating group) is 1. The van der Waals surface area contributed by atoms with Crippen molar-refractivity contribution in [1.29, 1.82) is 0 Å². The molecule has 2 N–H and O–H groups in total. The SMILES string of the molecule is CCCNc1nc(N(C)CC2(O)CCCC2)c(Cl)cc1Cl. The van der Waals surface area contributed by atoms with Gasteiger partial charge in [0.15, 0.2) is 0 Å². The predicted octanol–water partition coefficient (Wildman–Crippen LogP) is 3.95. The zero-order valence-corrected chi connectivity index (χ0v) is 14.1. The summed E-state index contributed by atoms with van der Waals surface area (Å²) in [6.45, 7) is 3.43. The largest absolute Gasteiger partial charge is 0.388 e. The Morgan fingerprint density at radius 1 is 1.33 bits per heavy atom. The molecule has 1 aliphatic rings. The molecule has 1 aliphatic carbocycles. The van der Waals surface area contributed by atoms with Crippen molar-refractivity contribution in [3.05, 3.63) is 16.1 Å². The Balaban J connectivity index is 2.17. The van der Waals surface area contributed by atoms with Gasteiger partial charge in [-0.3, -0.25) is 0 Å². The van der Waals surface area contributed by atoms with E-state index in [4.69, 9.17) is 23.2 Å². The molecule has 1 aromatic heterocycles. The highest BCUT2D eigenvalue weighted by Gasteiger charge is 2.33. The monoisotopic (exact) mass is 331 g/mol. The van der Waals surface area contributed by atoms with Crippen molar-refractivity contribution in [2.45, 2.75) is 44.6 Å². The van der Waals surface area contributed by atoms with Gasteiger partial charge in [0.05, 0.1) is 15.6 Å². The van der Waals surface area contributed by atoms with E-state index in [1.165, 1.54) is 0 Å². The summed E-state index contributed by atoms with van der Waals surface area (Å²) in [4.78, 5) is 6.44. The highest BCUT2D eigenvalue weighted by molar-refractivity contribution is 6.37. The van der Waals surface area contributed by atoms with Gasteiger partial charge in [0.1, 0.15) is 11.6 Å². The minimum atomic E-state index is -0.629. The molecule has 4 nitrogen and oxygen atoms in total. The molecule has 0 aliphatic heterocycles. The average molecular weight is 332 g/mol. The molecule has 0 unspecified atom stereocenters. The maximum atomic E-state index is 10.5. The molecule has 0 amide bonds. The fraction of sp³-hybridized carbons (Fsp3) is 0.667. The van der Waals surface area contributed by atoms with Gasteiger partial charge in [0.25, 0.3) is 0 Å². The van der Waals surface area contributed by atoms with E-state index in [0.717, 1.165) is 38.6 Å². The van der Waals surface area contributed by atoms with Crippen LogP contribution in [0.4, 0.5) is 11.6 Å². The predicted molar refractivity (Wildman–Crippen MR) is 89.7 cm³/mol. The number of aliphatic hydroxyl groups is 1. The molecule has 0 spiro atoms. The van der Waals surface area contributed by atoms with Gasteiger partial charge >= 0.3 is 0 Å². The Morgan fingerprint density at radius 3 is 2.62 bits per heavy atom. The van der Waals surface area contributed by atoms with Crippen LogP contribution in [0, 0.1) is 0 Å². The Bertz CT molecular complexity index is 490. The molecular formula is C15H23Cl2N3O. The summed E-state index contributed by atoms with van der Waals surface area (Å²) in [7, 11) is 1.90. The van der Waals surface area contributed by atoms with E-state index in [2.05, 4.69) is 17.2 Å². The first-order valence-corrected chi connectivity index (χ1v) is 8.24. The van der Waals surface area contributed by atoms with Gasteiger partial charge in [-0.1, -0.05) is 43.0 Å². The zero-order chi connectivity index (χ0) is 15.5. The highest BCUT2D eigenvalue weighted by atomic mass is 35.5. The van der Waals surface area contributed by atoms with Gasteiger partial charge in [-0.2, -0.15) is 0 Å². The third kappa shape index (κ3) is 4.15. The van der Waals surface area contributed by atoms with E-state index < -0.39 is 5.60 Å². The van der Waals surface area contributed by atoms with Crippen LogP contribution in [-0.2, 0) is 0 Å². The van der Waals surface area contributed by atoms with Crippen molar-refractivity contribution >= 4 is 34.8 Å². The first-order chi connectivity index (χ1) is 9.95. The Morgan fingerprint density at radius 2 is 2.00 bits per heavy atom.